The van der Waals surface area contributed by atoms with Gasteiger partial charge in [0.2, 0.25) is 10.7 Å². The van der Waals surface area contributed by atoms with Crippen LogP contribution in [0.3, 0.4) is 0 Å². The summed E-state index contributed by atoms with van der Waals surface area (Å²) in [6.07, 6.45) is 3.45. The summed E-state index contributed by atoms with van der Waals surface area (Å²) < 4.78 is 14.3. The number of para-hydroxylation sites is 1. The summed E-state index contributed by atoms with van der Waals surface area (Å²) in [5.41, 5.74) is 4.82. The summed E-state index contributed by atoms with van der Waals surface area (Å²) in [6, 6.07) is 25.7. The van der Waals surface area contributed by atoms with Crippen molar-refractivity contribution >= 4 is 44.6 Å². The summed E-state index contributed by atoms with van der Waals surface area (Å²) in [4.78, 5) is 31.3. The molecule has 0 saturated carbocycles. The van der Waals surface area contributed by atoms with Crippen LogP contribution in [-0.2, 0) is 20.6 Å². The molecule has 0 aliphatic heterocycles. The molecule has 0 radical (unpaired) electrons. The van der Waals surface area contributed by atoms with Gasteiger partial charge in [-0.05, 0) is 61.0 Å². The number of hydrogen-bond donors (Lipinski definition) is 0. The predicted molar refractivity (Wildman–Crippen MR) is 195 cm³/mol. The first-order chi connectivity index (χ1) is 23.8. The van der Waals surface area contributed by atoms with Crippen LogP contribution in [-0.4, -0.2) is 46.4 Å². The summed E-state index contributed by atoms with van der Waals surface area (Å²) >= 11 is 5.02. The highest BCUT2D eigenvalue weighted by molar-refractivity contribution is 9.10. The molecule has 14 heteroatoms. The van der Waals surface area contributed by atoms with E-state index in [2.05, 4.69) is 48.2 Å². The SMILES string of the molecule is CCn1c(-n2cc(/C=N/N=c3/scc(-c4ccc(Br)cc4)n3-c3ccccc3)c(-c3ccc(OC)cc3)n2)nc2c1c(=O)n(C)c(=O)n2C. The Bertz CT molecular complexity index is 2540. The molecule has 12 nitrogen and oxygen atoms in total. The van der Waals surface area contributed by atoms with E-state index in [0.29, 0.717) is 39.8 Å². The quantitative estimate of drug-likeness (QED) is 0.150. The van der Waals surface area contributed by atoms with Crippen molar-refractivity contribution < 1.29 is 4.74 Å². The largest absolute Gasteiger partial charge is 0.497 e. The van der Waals surface area contributed by atoms with E-state index >= 15 is 0 Å². The summed E-state index contributed by atoms with van der Waals surface area (Å²) in [6.45, 7) is 2.34. The third-order valence-corrected chi connectivity index (χ3v) is 9.50. The Hall–Kier alpha value is -5.60. The van der Waals surface area contributed by atoms with E-state index in [1.807, 2.05) is 73.7 Å². The van der Waals surface area contributed by atoms with Crippen LogP contribution in [0.15, 0.2) is 115 Å². The van der Waals surface area contributed by atoms with Gasteiger partial charge in [0.25, 0.3) is 5.56 Å². The number of aryl methyl sites for hydroxylation is 2. The fraction of sp³-hybridized carbons (Fsp3) is 0.143. The van der Waals surface area contributed by atoms with E-state index in [4.69, 9.17) is 14.8 Å². The van der Waals surface area contributed by atoms with E-state index < -0.39 is 11.2 Å². The van der Waals surface area contributed by atoms with Crippen molar-refractivity contribution in [3.63, 3.8) is 0 Å². The number of aromatic nitrogens is 7. The number of imidazole rings is 1. The lowest BCUT2D eigenvalue weighted by Crippen LogP contribution is -2.37. The number of fused-ring (bicyclic) bond motifs is 1. The average Bonchev–Trinajstić information content (AvgIpc) is 3.86. The smallest absolute Gasteiger partial charge is 0.332 e. The standard InChI is InChI=1S/C35H30BrN9O3S/c1-5-43-30-31(41(2)35(47)42(3)32(30)46)38-33(43)44-20-24(29(40-44)23-13-17-27(48-4)18-14-23)19-37-39-34-45(26-9-7-6-8-10-26)28(21-49-34)22-11-15-25(36)16-12-22/h6-21H,5H2,1-4H3/b37-19+,39-34+. The number of hydrogen-bond acceptors (Lipinski definition) is 8. The molecule has 0 unspecified atom stereocenters. The summed E-state index contributed by atoms with van der Waals surface area (Å²) in [5.74, 6) is 1.10. The highest BCUT2D eigenvalue weighted by Crippen LogP contribution is 2.27. The average molecular weight is 737 g/mol. The first kappa shape index (κ1) is 32.0. The van der Waals surface area contributed by atoms with Crippen LogP contribution in [0.25, 0.3) is 45.3 Å². The molecule has 0 bridgehead atoms. The fourth-order valence-electron chi connectivity index (χ4n) is 5.64. The molecule has 7 aromatic rings. The Morgan fingerprint density at radius 1 is 0.939 bits per heavy atom. The van der Waals surface area contributed by atoms with Crippen LogP contribution in [0, 0.1) is 0 Å². The topological polar surface area (TPSA) is 119 Å². The van der Waals surface area contributed by atoms with Crippen molar-refractivity contribution in [2.24, 2.45) is 24.3 Å². The maximum atomic E-state index is 13.2. The number of thiazole rings is 1. The van der Waals surface area contributed by atoms with E-state index in [9.17, 15) is 9.59 Å². The number of benzene rings is 3. The zero-order valence-electron chi connectivity index (χ0n) is 27.0. The van der Waals surface area contributed by atoms with E-state index in [0.717, 1.165) is 31.5 Å². The van der Waals surface area contributed by atoms with Gasteiger partial charge in [-0.15, -0.1) is 16.4 Å². The fourth-order valence-corrected chi connectivity index (χ4v) is 6.76. The molecule has 7 rings (SSSR count). The van der Waals surface area contributed by atoms with Crippen molar-refractivity contribution in [1.82, 2.24) is 33.0 Å². The van der Waals surface area contributed by atoms with Crippen molar-refractivity contribution in [3.8, 4) is 39.9 Å². The zero-order chi connectivity index (χ0) is 34.2. The van der Waals surface area contributed by atoms with Gasteiger partial charge >= 0.3 is 5.69 Å². The Labute approximate surface area is 292 Å². The Balaban J connectivity index is 1.38. The minimum Gasteiger partial charge on any atom is -0.497 e. The Morgan fingerprint density at radius 3 is 2.35 bits per heavy atom. The Morgan fingerprint density at radius 2 is 1.65 bits per heavy atom. The van der Waals surface area contributed by atoms with Crippen molar-refractivity contribution in [1.29, 1.82) is 0 Å². The maximum Gasteiger partial charge on any atom is 0.332 e. The molecule has 0 N–H and O–H groups in total. The van der Waals surface area contributed by atoms with Crippen LogP contribution < -0.4 is 20.8 Å². The van der Waals surface area contributed by atoms with Crippen LogP contribution in [0.4, 0.5) is 0 Å². The van der Waals surface area contributed by atoms with E-state index in [1.54, 1.807) is 35.8 Å². The van der Waals surface area contributed by atoms with E-state index in [1.165, 1.54) is 23.0 Å². The van der Waals surface area contributed by atoms with Crippen molar-refractivity contribution in [2.45, 2.75) is 13.5 Å². The van der Waals surface area contributed by atoms with Crippen LogP contribution in [0.1, 0.15) is 12.5 Å². The molecule has 246 valence electrons. The lowest BCUT2D eigenvalue weighted by molar-refractivity contribution is 0.415. The number of methoxy groups -OCH3 is 1. The number of rotatable bonds is 8. The van der Waals surface area contributed by atoms with Gasteiger partial charge in [-0.3, -0.25) is 18.5 Å². The monoisotopic (exact) mass is 735 g/mol. The number of ether oxygens (including phenoxy) is 1. The molecule has 4 heterocycles. The second-order valence-electron chi connectivity index (χ2n) is 11.1. The summed E-state index contributed by atoms with van der Waals surface area (Å²) in [7, 11) is 4.67. The first-order valence-electron chi connectivity index (χ1n) is 15.3. The van der Waals surface area contributed by atoms with E-state index in [-0.39, 0.29) is 5.65 Å². The van der Waals surface area contributed by atoms with Crippen LogP contribution in [0.5, 0.6) is 5.75 Å². The zero-order valence-corrected chi connectivity index (χ0v) is 29.4. The molecule has 0 aliphatic carbocycles. The molecular weight excluding hydrogens is 706 g/mol. The minimum absolute atomic E-state index is 0.279. The molecular formula is C35H30BrN9O3S. The van der Waals surface area contributed by atoms with Gasteiger partial charge in [-0.2, -0.15) is 15.2 Å². The second-order valence-corrected chi connectivity index (χ2v) is 12.8. The lowest BCUT2D eigenvalue weighted by atomic mass is 10.1. The molecule has 4 aromatic heterocycles. The van der Waals surface area contributed by atoms with Gasteiger partial charge in [-0.25, -0.2) is 9.48 Å². The highest BCUT2D eigenvalue weighted by Gasteiger charge is 2.21. The van der Waals surface area contributed by atoms with Crippen LogP contribution in [0.2, 0.25) is 0 Å². The van der Waals surface area contributed by atoms with Crippen LogP contribution >= 0.6 is 27.3 Å². The third-order valence-electron chi connectivity index (χ3n) is 8.16. The minimum atomic E-state index is -0.455. The van der Waals surface area contributed by atoms with Gasteiger partial charge in [0, 0.05) is 53.5 Å². The molecule has 0 amide bonds. The Kier molecular flexibility index (Phi) is 8.57. The van der Waals surface area contributed by atoms with Gasteiger partial charge in [0.1, 0.15) is 11.4 Å². The maximum absolute atomic E-state index is 13.2. The highest BCUT2D eigenvalue weighted by atomic mass is 79.9. The molecule has 49 heavy (non-hydrogen) atoms. The number of nitrogens with zero attached hydrogens (tertiary/aromatic N) is 9. The van der Waals surface area contributed by atoms with Crippen molar-refractivity contribution in [3.05, 3.63) is 126 Å². The van der Waals surface area contributed by atoms with Gasteiger partial charge in [0.05, 0.1) is 19.0 Å². The third kappa shape index (κ3) is 5.78. The molecule has 0 spiro atoms. The first-order valence-corrected chi connectivity index (χ1v) is 17.0. The molecule has 3 aromatic carbocycles. The normalized spacial score (nSPS) is 12.1. The van der Waals surface area contributed by atoms with Gasteiger partial charge in [-0.1, -0.05) is 46.3 Å². The molecule has 0 aliphatic rings. The second kappa shape index (κ2) is 13.1. The molecule has 0 atom stereocenters. The van der Waals surface area contributed by atoms with Gasteiger partial charge in [0.15, 0.2) is 11.2 Å². The lowest BCUT2D eigenvalue weighted by Gasteiger charge is -2.09. The van der Waals surface area contributed by atoms with Gasteiger partial charge < -0.3 is 9.30 Å². The molecule has 0 saturated heterocycles. The predicted octanol–water partition coefficient (Wildman–Crippen LogP) is 5.53. The summed E-state index contributed by atoms with van der Waals surface area (Å²) in [5, 5.41) is 16.2. The molecule has 0 fully saturated rings. The van der Waals surface area contributed by atoms with Crippen molar-refractivity contribution in [2.75, 3.05) is 7.11 Å². The number of halogens is 1.